The van der Waals surface area contributed by atoms with E-state index < -0.39 is 0 Å². The van der Waals surface area contributed by atoms with Crippen molar-refractivity contribution in [3.63, 3.8) is 0 Å². The van der Waals surface area contributed by atoms with Crippen molar-refractivity contribution in [2.24, 2.45) is 0 Å². The Labute approximate surface area is 114 Å². The fourth-order valence-electron chi connectivity index (χ4n) is 1.62. The molecule has 0 atom stereocenters. The summed E-state index contributed by atoms with van der Waals surface area (Å²) in [4.78, 5) is 11.8. The largest absolute Gasteiger partial charge is 0.497 e. The van der Waals surface area contributed by atoms with Crippen LogP contribution in [0.5, 0.6) is 11.5 Å². The van der Waals surface area contributed by atoms with E-state index in [0.29, 0.717) is 30.2 Å². The third-order valence-corrected chi connectivity index (χ3v) is 2.64. The highest BCUT2D eigenvalue weighted by molar-refractivity contribution is 5.92. The Balaban J connectivity index is 2.53. The Morgan fingerprint density at radius 3 is 2.63 bits per heavy atom. The Morgan fingerprint density at radius 2 is 2.00 bits per heavy atom. The zero-order valence-electron chi connectivity index (χ0n) is 11.8. The van der Waals surface area contributed by atoms with Crippen molar-refractivity contribution in [3.8, 4) is 11.5 Å². The molecule has 2 N–H and O–H groups in total. The Hall–Kier alpha value is -1.75. The summed E-state index contributed by atoms with van der Waals surface area (Å²) < 4.78 is 10.3. The summed E-state index contributed by atoms with van der Waals surface area (Å²) >= 11 is 0. The molecule has 0 saturated heterocycles. The zero-order valence-corrected chi connectivity index (χ0v) is 11.8. The molecule has 0 spiro atoms. The summed E-state index contributed by atoms with van der Waals surface area (Å²) in [5.74, 6) is 1.25. The number of carbonyl (C=O) groups excluding carboxylic acids is 1. The van der Waals surface area contributed by atoms with Gasteiger partial charge in [0, 0.05) is 19.0 Å². The molecule has 0 fully saturated rings. The molecule has 1 amide bonds. The molecule has 19 heavy (non-hydrogen) atoms. The van der Waals surface area contributed by atoms with Crippen LogP contribution in [0.15, 0.2) is 18.2 Å². The van der Waals surface area contributed by atoms with Crippen LogP contribution in [0.1, 0.15) is 19.8 Å². The van der Waals surface area contributed by atoms with Gasteiger partial charge in [-0.1, -0.05) is 6.92 Å². The van der Waals surface area contributed by atoms with Crippen LogP contribution in [-0.4, -0.2) is 33.2 Å². The molecule has 0 unspecified atom stereocenters. The standard InChI is InChI=1S/C14H22N2O3/c1-4-8-15-9-7-14(17)16-12-6-5-11(18-2)10-13(12)19-3/h5-6,10,15H,4,7-9H2,1-3H3,(H,16,17). The van der Waals surface area contributed by atoms with E-state index in [-0.39, 0.29) is 5.91 Å². The number of rotatable bonds is 8. The van der Waals surface area contributed by atoms with Crippen molar-refractivity contribution in [3.05, 3.63) is 18.2 Å². The summed E-state index contributed by atoms with van der Waals surface area (Å²) in [6.07, 6.45) is 1.50. The number of ether oxygens (including phenoxy) is 2. The second-order valence-electron chi connectivity index (χ2n) is 4.11. The van der Waals surface area contributed by atoms with E-state index in [4.69, 9.17) is 9.47 Å². The molecule has 5 heteroatoms. The summed E-state index contributed by atoms with van der Waals surface area (Å²) in [6.45, 7) is 3.70. The maximum absolute atomic E-state index is 11.8. The fourth-order valence-corrected chi connectivity index (χ4v) is 1.62. The molecular weight excluding hydrogens is 244 g/mol. The average molecular weight is 266 g/mol. The number of amides is 1. The minimum absolute atomic E-state index is 0.0351. The SMILES string of the molecule is CCCNCCC(=O)Nc1ccc(OC)cc1OC. The van der Waals surface area contributed by atoms with Gasteiger partial charge < -0.3 is 20.1 Å². The number of methoxy groups -OCH3 is 2. The van der Waals surface area contributed by atoms with Crippen LogP contribution in [0, 0.1) is 0 Å². The first-order valence-electron chi connectivity index (χ1n) is 6.43. The highest BCUT2D eigenvalue weighted by atomic mass is 16.5. The monoisotopic (exact) mass is 266 g/mol. The van der Waals surface area contributed by atoms with Crippen LogP contribution in [0.4, 0.5) is 5.69 Å². The number of hydrogen-bond acceptors (Lipinski definition) is 4. The maximum Gasteiger partial charge on any atom is 0.225 e. The molecule has 0 heterocycles. The van der Waals surface area contributed by atoms with Crippen molar-refractivity contribution in [1.82, 2.24) is 5.32 Å². The molecule has 106 valence electrons. The summed E-state index contributed by atoms with van der Waals surface area (Å²) in [7, 11) is 3.15. The van der Waals surface area contributed by atoms with Gasteiger partial charge in [0.15, 0.2) is 0 Å². The second-order valence-corrected chi connectivity index (χ2v) is 4.11. The maximum atomic E-state index is 11.8. The first-order valence-corrected chi connectivity index (χ1v) is 6.43. The van der Waals surface area contributed by atoms with Crippen LogP contribution in [0.2, 0.25) is 0 Å². The lowest BCUT2D eigenvalue weighted by atomic mass is 10.2. The minimum Gasteiger partial charge on any atom is -0.497 e. The molecule has 1 aromatic carbocycles. The lowest BCUT2D eigenvalue weighted by molar-refractivity contribution is -0.116. The lowest BCUT2D eigenvalue weighted by Crippen LogP contribution is -2.22. The van der Waals surface area contributed by atoms with Gasteiger partial charge in [-0.15, -0.1) is 0 Å². The third-order valence-electron chi connectivity index (χ3n) is 2.64. The molecule has 0 radical (unpaired) electrons. The molecule has 0 saturated carbocycles. The van der Waals surface area contributed by atoms with E-state index in [1.54, 1.807) is 32.4 Å². The van der Waals surface area contributed by atoms with Crippen LogP contribution in [-0.2, 0) is 4.79 Å². The summed E-state index contributed by atoms with van der Waals surface area (Å²) in [5.41, 5.74) is 0.656. The number of nitrogens with one attached hydrogen (secondary N) is 2. The summed E-state index contributed by atoms with van der Waals surface area (Å²) in [5, 5.41) is 6.02. The second kappa shape index (κ2) is 8.37. The smallest absolute Gasteiger partial charge is 0.225 e. The van der Waals surface area contributed by atoms with Crippen LogP contribution < -0.4 is 20.1 Å². The molecular formula is C14H22N2O3. The van der Waals surface area contributed by atoms with Gasteiger partial charge in [-0.3, -0.25) is 4.79 Å². The molecule has 0 aliphatic heterocycles. The topological polar surface area (TPSA) is 59.6 Å². The zero-order chi connectivity index (χ0) is 14.1. The quantitative estimate of drug-likeness (QED) is 0.707. The minimum atomic E-state index is -0.0351. The predicted octanol–water partition coefficient (Wildman–Crippen LogP) is 2.03. The van der Waals surface area contributed by atoms with Crippen molar-refractivity contribution in [1.29, 1.82) is 0 Å². The van der Waals surface area contributed by atoms with Crippen LogP contribution >= 0.6 is 0 Å². The summed E-state index contributed by atoms with van der Waals surface area (Å²) in [6, 6.07) is 5.30. The van der Waals surface area contributed by atoms with Gasteiger partial charge in [0.1, 0.15) is 11.5 Å². The Morgan fingerprint density at radius 1 is 1.21 bits per heavy atom. The Kier molecular flexibility index (Phi) is 6.74. The first kappa shape index (κ1) is 15.3. The highest BCUT2D eigenvalue weighted by Gasteiger charge is 2.08. The van der Waals surface area contributed by atoms with Crippen molar-refractivity contribution in [2.75, 3.05) is 32.6 Å². The average Bonchev–Trinajstić information content (AvgIpc) is 2.44. The number of benzene rings is 1. The molecule has 0 aromatic heterocycles. The first-order chi connectivity index (χ1) is 9.21. The van der Waals surface area contributed by atoms with Crippen molar-refractivity contribution < 1.29 is 14.3 Å². The van der Waals surface area contributed by atoms with Gasteiger partial charge >= 0.3 is 0 Å². The van der Waals surface area contributed by atoms with Gasteiger partial charge in [-0.2, -0.15) is 0 Å². The van der Waals surface area contributed by atoms with Crippen LogP contribution in [0.3, 0.4) is 0 Å². The normalized spacial score (nSPS) is 10.1. The number of hydrogen-bond donors (Lipinski definition) is 2. The van der Waals surface area contributed by atoms with Crippen molar-refractivity contribution >= 4 is 11.6 Å². The molecule has 1 rings (SSSR count). The third kappa shape index (κ3) is 5.18. The van der Waals surface area contributed by atoms with E-state index in [2.05, 4.69) is 17.6 Å². The molecule has 0 aliphatic rings. The molecule has 0 aliphatic carbocycles. The Bertz CT molecular complexity index is 408. The van der Waals surface area contributed by atoms with E-state index in [1.807, 2.05) is 0 Å². The van der Waals surface area contributed by atoms with E-state index >= 15 is 0 Å². The number of anilines is 1. The van der Waals surface area contributed by atoms with Gasteiger partial charge in [-0.25, -0.2) is 0 Å². The van der Waals surface area contributed by atoms with Gasteiger partial charge in [0.05, 0.1) is 19.9 Å². The highest BCUT2D eigenvalue weighted by Crippen LogP contribution is 2.28. The molecule has 0 bridgehead atoms. The van der Waals surface area contributed by atoms with Gasteiger partial charge in [0.2, 0.25) is 5.91 Å². The van der Waals surface area contributed by atoms with Gasteiger partial charge in [-0.05, 0) is 25.1 Å². The van der Waals surface area contributed by atoms with Crippen molar-refractivity contribution in [2.45, 2.75) is 19.8 Å². The lowest BCUT2D eigenvalue weighted by Gasteiger charge is -2.11. The van der Waals surface area contributed by atoms with Crippen LogP contribution in [0.25, 0.3) is 0 Å². The molecule has 5 nitrogen and oxygen atoms in total. The molecule has 1 aromatic rings. The van der Waals surface area contributed by atoms with E-state index in [9.17, 15) is 4.79 Å². The van der Waals surface area contributed by atoms with E-state index in [1.165, 1.54) is 0 Å². The number of carbonyl (C=O) groups is 1. The fraction of sp³-hybridized carbons (Fsp3) is 0.500. The predicted molar refractivity (Wildman–Crippen MR) is 76.0 cm³/mol. The van der Waals surface area contributed by atoms with E-state index in [0.717, 1.165) is 13.0 Å². The van der Waals surface area contributed by atoms with Gasteiger partial charge in [0.25, 0.3) is 0 Å².